The normalized spacial score (nSPS) is 16.6. The van der Waals surface area contributed by atoms with E-state index in [-0.39, 0.29) is 37.4 Å². The number of hydrogen-bond acceptors (Lipinski definition) is 3. The Balaban J connectivity index is 2.12. The molecule has 1 aliphatic rings. The van der Waals surface area contributed by atoms with E-state index in [1.54, 1.807) is 13.8 Å². The van der Waals surface area contributed by atoms with E-state index in [2.05, 4.69) is 0 Å². The number of aryl methyl sites for hydroxylation is 3. The van der Waals surface area contributed by atoms with Crippen molar-refractivity contribution in [3.05, 3.63) is 28.8 Å². The zero-order valence-electron chi connectivity index (χ0n) is 18.1. The van der Waals surface area contributed by atoms with Crippen molar-refractivity contribution >= 4 is 15.9 Å². The zero-order chi connectivity index (χ0) is 22.7. The predicted octanol–water partition coefficient (Wildman–Crippen LogP) is 4.20. The van der Waals surface area contributed by atoms with Crippen LogP contribution in [0.2, 0.25) is 0 Å². The van der Waals surface area contributed by atoms with Crippen molar-refractivity contribution in [3.63, 3.8) is 0 Å². The smallest absolute Gasteiger partial charge is 0.333 e. The first-order chi connectivity index (χ1) is 13.9. The van der Waals surface area contributed by atoms with Crippen LogP contribution in [0, 0.1) is 26.7 Å². The molecule has 0 aliphatic carbocycles. The molecular weight excluding hydrogens is 417 g/mol. The van der Waals surface area contributed by atoms with Gasteiger partial charge in [-0.1, -0.05) is 31.0 Å². The van der Waals surface area contributed by atoms with Crippen LogP contribution < -0.4 is 0 Å². The van der Waals surface area contributed by atoms with Gasteiger partial charge in [0.2, 0.25) is 15.9 Å². The van der Waals surface area contributed by atoms with Crippen LogP contribution in [0.1, 0.15) is 49.3 Å². The van der Waals surface area contributed by atoms with E-state index < -0.39 is 34.6 Å². The number of hydrogen-bond donors (Lipinski definition) is 0. The van der Waals surface area contributed by atoms with E-state index in [0.717, 1.165) is 10.5 Å². The summed E-state index contributed by atoms with van der Waals surface area (Å²) < 4.78 is 66.3. The van der Waals surface area contributed by atoms with E-state index >= 15 is 0 Å². The Morgan fingerprint density at radius 3 is 2.13 bits per heavy atom. The summed E-state index contributed by atoms with van der Waals surface area (Å²) in [5.74, 6) is -1.11. The summed E-state index contributed by atoms with van der Waals surface area (Å²) in [5.41, 5.74) is 2.31. The Labute approximate surface area is 177 Å². The molecule has 170 valence electrons. The number of nitrogens with zero attached hydrogens (tertiary/aromatic N) is 2. The van der Waals surface area contributed by atoms with Gasteiger partial charge in [0.25, 0.3) is 0 Å². The first-order valence-corrected chi connectivity index (χ1v) is 11.7. The number of halogens is 3. The molecule has 30 heavy (non-hydrogen) atoms. The SMILES string of the molecule is CCCCN(CC(F)(F)F)C(=O)C1CCN(S(=O)(=O)c2c(C)cc(C)cc2C)CC1. The van der Waals surface area contributed by atoms with Gasteiger partial charge < -0.3 is 4.90 Å². The molecule has 1 aromatic rings. The van der Waals surface area contributed by atoms with E-state index in [1.165, 1.54) is 4.31 Å². The number of unbranched alkanes of at least 4 members (excludes halogenated alkanes) is 1. The number of benzene rings is 1. The fraction of sp³-hybridized carbons (Fsp3) is 0.667. The maximum absolute atomic E-state index is 13.2. The van der Waals surface area contributed by atoms with Crippen molar-refractivity contribution in [1.29, 1.82) is 0 Å². The fourth-order valence-corrected chi connectivity index (χ4v) is 6.02. The Hall–Kier alpha value is -1.61. The van der Waals surface area contributed by atoms with Gasteiger partial charge in [-0.3, -0.25) is 4.79 Å². The number of alkyl halides is 3. The number of piperidine rings is 1. The van der Waals surface area contributed by atoms with Crippen molar-refractivity contribution in [1.82, 2.24) is 9.21 Å². The van der Waals surface area contributed by atoms with E-state index in [9.17, 15) is 26.4 Å². The van der Waals surface area contributed by atoms with Crippen LogP contribution in [0.3, 0.4) is 0 Å². The second-order valence-corrected chi connectivity index (χ2v) is 10.0. The van der Waals surface area contributed by atoms with Crippen molar-refractivity contribution in [3.8, 4) is 0 Å². The number of carbonyl (C=O) groups is 1. The zero-order valence-corrected chi connectivity index (χ0v) is 18.9. The molecule has 0 N–H and O–H groups in total. The van der Waals surface area contributed by atoms with Gasteiger partial charge in [-0.25, -0.2) is 8.42 Å². The van der Waals surface area contributed by atoms with Gasteiger partial charge in [-0.05, 0) is 51.2 Å². The lowest BCUT2D eigenvalue weighted by atomic mass is 9.96. The molecule has 0 aromatic heterocycles. The second kappa shape index (κ2) is 9.68. The van der Waals surface area contributed by atoms with Crippen LogP contribution in [-0.4, -0.2) is 55.9 Å². The van der Waals surface area contributed by atoms with Gasteiger partial charge in [0.05, 0.1) is 4.90 Å². The lowest BCUT2D eigenvalue weighted by Crippen LogP contribution is -2.47. The van der Waals surface area contributed by atoms with Crippen LogP contribution in [0.25, 0.3) is 0 Å². The largest absolute Gasteiger partial charge is 0.406 e. The summed E-state index contributed by atoms with van der Waals surface area (Å²) in [7, 11) is -3.72. The first-order valence-electron chi connectivity index (χ1n) is 10.3. The average molecular weight is 449 g/mol. The molecule has 9 heteroatoms. The standard InChI is InChI=1S/C21H31F3N2O3S/c1-5-6-9-25(14-21(22,23)24)20(27)18-7-10-26(11-8-18)30(28,29)19-16(3)12-15(2)13-17(19)4/h12-13,18H,5-11,14H2,1-4H3. The molecule has 1 aliphatic heterocycles. The topological polar surface area (TPSA) is 57.7 Å². The van der Waals surface area contributed by atoms with Crippen molar-refractivity contribution in [2.24, 2.45) is 5.92 Å². The molecule has 0 unspecified atom stereocenters. The third kappa shape index (κ3) is 5.97. The molecule has 5 nitrogen and oxygen atoms in total. The average Bonchev–Trinajstić information content (AvgIpc) is 2.62. The molecule has 1 saturated heterocycles. The lowest BCUT2D eigenvalue weighted by Gasteiger charge is -2.34. The maximum Gasteiger partial charge on any atom is 0.406 e. The van der Waals surface area contributed by atoms with E-state index in [0.29, 0.717) is 24.0 Å². The quantitative estimate of drug-likeness (QED) is 0.628. The third-order valence-electron chi connectivity index (χ3n) is 5.47. The first kappa shape index (κ1) is 24.7. The molecule has 0 spiro atoms. The van der Waals surface area contributed by atoms with Crippen LogP contribution in [-0.2, 0) is 14.8 Å². The predicted molar refractivity (Wildman–Crippen MR) is 110 cm³/mol. The number of carbonyl (C=O) groups excluding carboxylic acids is 1. The lowest BCUT2D eigenvalue weighted by molar-refractivity contribution is -0.164. The van der Waals surface area contributed by atoms with Gasteiger partial charge in [-0.2, -0.15) is 17.5 Å². The third-order valence-corrected chi connectivity index (χ3v) is 7.67. The molecule has 0 atom stereocenters. The summed E-state index contributed by atoms with van der Waals surface area (Å²) in [4.78, 5) is 13.9. The van der Waals surface area contributed by atoms with Crippen LogP contribution in [0.5, 0.6) is 0 Å². The highest BCUT2D eigenvalue weighted by molar-refractivity contribution is 7.89. The number of sulfonamides is 1. The van der Waals surface area contributed by atoms with E-state index in [1.807, 2.05) is 26.0 Å². The molecule has 0 saturated carbocycles. The summed E-state index contributed by atoms with van der Waals surface area (Å²) in [6.45, 7) is 6.32. The van der Waals surface area contributed by atoms with Crippen molar-refractivity contribution in [2.45, 2.75) is 64.5 Å². The van der Waals surface area contributed by atoms with Crippen LogP contribution in [0.4, 0.5) is 13.2 Å². The molecule has 1 fully saturated rings. The Morgan fingerprint density at radius 2 is 1.67 bits per heavy atom. The van der Waals surface area contributed by atoms with Gasteiger partial charge in [0, 0.05) is 25.6 Å². The monoisotopic (exact) mass is 448 g/mol. The van der Waals surface area contributed by atoms with Crippen LogP contribution in [0.15, 0.2) is 17.0 Å². The second-order valence-electron chi connectivity index (χ2n) is 8.13. The molecular formula is C21H31F3N2O3S. The highest BCUT2D eigenvalue weighted by Crippen LogP contribution is 2.30. The minimum atomic E-state index is -4.45. The Morgan fingerprint density at radius 1 is 1.13 bits per heavy atom. The summed E-state index contributed by atoms with van der Waals surface area (Å²) >= 11 is 0. The molecule has 1 amide bonds. The maximum atomic E-state index is 13.2. The van der Waals surface area contributed by atoms with Gasteiger partial charge in [0.15, 0.2) is 0 Å². The summed E-state index contributed by atoms with van der Waals surface area (Å²) in [6, 6.07) is 3.64. The number of amides is 1. The van der Waals surface area contributed by atoms with E-state index in [4.69, 9.17) is 0 Å². The minimum absolute atomic E-state index is 0.0646. The van der Waals surface area contributed by atoms with Crippen molar-refractivity contribution < 1.29 is 26.4 Å². The fourth-order valence-electron chi connectivity index (χ4n) is 4.14. The van der Waals surface area contributed by atoms with Crippen LogP contribution >= 0.6 is 0 Å². The molecule has 1 heterocycles. The highest BCUT2D eigenvalue weighted by atomic mass is 32.2. The van der Waals surface area contributed by atoms with Gasteiger partial charge in [0.1, 0.15) is 6.54 Å². The molecule has 0 bridgehead atoms. The molecule has 0 radical (unpaired) electrons. The van der Waals surface area contributed by atoms with Gasteiger partial charge in [-0.15, -0.1) is 0 Å². The summed E-state index contributed by atoms with van der Waals surface area (Å²) in [5, 5.41) is 0. The highest BCUT2D eigenvalue weighted by Gasteiger charge is 2.38. The summed E-state index contributed by atoms with van der Waals surface area (Å²) in [6.07, 6.45) is -2.81. The number of rotatable bonds is 7. The van der Waals surface area contributed by atoms with Crippen molar-refractivity contribution in [2.75, 3.05) is 26.2 Å². The Kier molecular flexibility index (Phi) is 7.96. The Bertz CT molecular complexity index is 838. The van der Waals surface area contributed by atoms with Gasteiger partial charge >= 0.3 is 6.18 Å². The molecule has 1 aromatic carbocycles. The molecule has 2 rings (SSSR count). The minimum Gasteiger partial charge on any atom is -0.333 e.